The molecule has 1 heterocycles. The van der Waals surface area contributed by atoms with Gasteiger partial charge in [0.05, 0.1) is 14.2 Å². The van der Waals surface area contributed by atoms with Crippen molar-refractivity contribution in [1.29, 1.82) is 0 Å². The predicted octanol–water partition coefficient (Wildman–Crippen LogP) is 5.31. The number of methoxy groups -OCH3 is 2. The van der Waals surface area contributed by atoms with Crippen LogP contribution in [-0.4, -0.2) is 24.4 Å². The zero-order valence-electron chi connectivity index (χ0n) is 17.1. The molecule has 1 aromatic heterocycles. The third-order valence-corrected chi connectivity index (χ3v) is 4.66. The van der Waals surface area contributed by atoms with Gasteiger partial charge in [-0.2, -0.15) is 4.98 Å². The summed E-state index contributed by atoms with van der Waals surface area (Å²) in [5.74, 6) is 2.94. The van der Waals surface area contributed by atoms with Crippen LogP contribution >= 0.6 is 0 Å². The van der Waals surface area contributed by atoms with Gasteiger partial charge in [0.1, 0.15) is 12.4 Å². The number of hydrogen-bond acceptors (Lipinski definition) is 6. The average Bonchev–Trinajstić information content (AvgIpc) is 3.28. The van der Waals surface area contributed by atoms with Gasteiger partial charge in [-0.3, -0.25) is 0 Å². The summed E-state index contributed by atoms with van der Waals surface area (Å²) >= 11 is 0. The van der Waals surface area contributed by atoms with E-state index in [4.69, 9.17) is 18.7 Å². The Hall–Kier alpha value is -3.80. The number of benzene rings is 3. The first kappa shape index (κ1) is 19.5. The summed E-state index contributed by atoms with van der Waals surface area (Å²) in [6, 6.07) is 21.3. The third-order valence-electron chi connectivity index (χ3n) is 4.66. The Bertz CT molecular complexity index is 1140. The van der Waals surface area contributed by atoms with Gasteiger partial charge in [0.2, 0.25) is 5.82 Å². The maximum atomic E-state index is 5.87. The van der Waals surface area contributed by atoms with E-state index in [1.165, 1.54) is 5.56 Å². The van der Waals surface area contributed by atoms with E-state index in [0.29, 0.717) is 29.8 Å². The van der Waals surface area contributed by atoms with Gasteiger partial charge in [-0.15, -0.1) is 0 Å². The normalized spacial score (nSPS) is 10.6. The van der Waals surface area contributed by atoms with Crippen molar-refractivity contribution in [3.05, 3.63) is 77.9 Å². The Balaban J connectivity index is 1.47. The fourth-order valence-electron chi connectivity index (χ4n) is 3.10. The second-order valence-electron chi connectivity index (χ2n) is 6.80. The lowest BCUT2D eigenvalue weighted by Gasteiger charge is -2.07. The summed E-state index contributed by atoms with van der Waals surface area (Å²) in [6.07, 6.45) is 0. The van der Waals surface area contributed by atoms with Crippen molar-refractivity contribution in [2.45, 2.75) is 13.5 Å². The van der Waals surface area contributed by atoms with Gasteiger partial charge in [-0.25, -0.2) is 0 Å². The smallest absolute Gasteiger partial charge is 0.258 e. The van der Waals surface area contributed by atoms with Crippen molar-refractivity contribution in [3.8, 4) is 40.1 Å². The van der Waals surface area contributed by atoms with Crippen LogP contribution in [0.15, 0.2) is 71.3 Å². The lowest BCUT2D eigenvalue weighted by molar-refractivity contribution is 0.306. The second-order valence-corrected chi connectivity index (χ2v) is 6.80. The van der Waals surface area contributed by atoms with E-state index in [9.17, 15) is 0 Å². The summed E-state index contributed by atoms with van der Waals surface area (Å²) in [7, 11) is 3.18. The molecule has 0 spiro atoms. The van der Waals surface area contributed by atoms with E-state index in [1.807, 2.05) is 36.4 Å². The Morgan fingerprint density at radius 2 is 1.60 bits per heavy atom. The highest BCUT2D eigenvalue weighted by Gasteiger charge is 2.13. The molecule has 0 fully saturated rings. The van der Waals surface area contributed by atoms with Crippen molar-refractivity contribution in [1.82, 2.24) is 10.1 Å². The minimum atomic E-state index is 0.408. The van der Waals surface area contributed by atoms with Crippen molar-refractivity contribution in [3.63, 3.8) is 0 Å². The SMILES string of the molecule is COc1ccc(-c2nc(-c3ccc(OCc4cccc(C)c4)cc3)no2)cc1OC. The molecule has 4 rings (SSSR count). The van der Waals surface area contributed by atoms with Crippen LogP contribution < -0.4 is 14.2 Å². The van der Waals surface area contributed by atoms with E-state index in [2.05, 4.69) is 35.3 Å². The van der Waals surface area contributed by atoms with E-state index in [0.717, 1.165) is 22.4 Å². The molecule has 0 aliphatic carbocycles. The molecule has 0 N–H and O–H groups in total. The lowest BCUT2D eigenvalue weighted by atomic mass is 10.1. The zero-order chi connectivity index (χ0) is 20.9. The molecule has 30 heavy (non-hydrogen) atoms. The standard InChI is InChI=1S/C24H22N2O4/c1-16-5-4-6-17(13-16)15-29-20-10-7-18(8-11-20)23-25-24(30-26-23)19-9-12-21(27-2)22(14-19)28-3/h4-14H,15H2,1-3H3. The van der Waals surface area contributed by atoms with Gasteiger partial charge in [-0.05, 0) is 55.0 Å². The molecule has 152 valence electrons. The van der Waals surface area contributed by atoms with Crippen molar-refractivity contribution in [2.24, 2.45) is 0 Å². The fourth-order valence-corrected chi connectivity index (χ4v) is 3.10. The minimum Gasteiger partial charge on any atom is -0.493 e. The van der Waals surface area contributed by atoms with E-state index >= 15 is 0 Å². The number of nitrogens with zero attached hydrogens (tertiary/aromatic N) is 2. The number of aromatic nitrogens is 2. The van der Waals surface area contributed by atoms with Crippen molar-refractivity contribution in [2.75, 3.05) is 14.2 Å². The van der Waals surface area contributed by atoms with Crippen LogP contribution in [0, 0.1) is 6.92 Å². The minimum absolute atomic E-state index is 0.408. The molecule has 0 saturated heterocycles. The first-order valence-corrected chi connectivity index (χ1v) is 9.51. The molecule has 0 aliphatic rings. The average molecular weight is 402 g/mol. The van der Waals surface area contributed by atoms with Gasteiger partial charge in [0.25, 0.3) is 5.89 Å². The van der Waals surface area contributed by atoms with Crippen LogP contribution in [0.4, 0.5) is 0 Å². The van der Waals surface area contributed by atoms with Crippen LogP contribution in [0.5, 0.6) is 17.2 Å². The molecule has 0 atom stereocenters. The number of ether oxygens (including phenoxy) is 3. The summed E-state index contributed by atoms with van der Waals surface area (Å²) < 4.78 is 21.9. The fraction of sp³-hybridized carbons (Fsp3) is 0.167. The summed E-state index contributed by atoms with van der Waals surface area (Å²) in [4.78, 5) is 4.50. The molecule has 4 aromatic rings. The van der Waals surface area contributed by atoms with Gasteiger partial charge in [0.15, 0.2) is 11.5 Å². The first-order chi connectivity index (χ1) is 14.7. The Labute approximate surface area is 175 Å². The molecule has 3 aromatic carbocycles. The van der Waals surface area contributed by atoms with Crippen LogP contribution in [-0.2, 0) is 6.61 Å². The molecular weight excluding hydrogens is 380 g/mol. The van der Waals surface area contributed by atoms with E-state index < -0.39 is 0 Å². The highest BCUT2D eigenvalue weighted by atomic mass is 16.5. The van der Waals surface area contributed by atoms with Crippen LogP contribution in [0.25, 0.3) is 22.8 Å². The Morgan fingerprint density at radius 1 is 0.833 bits per heavy atom. The van der Waals surface area contributed by atoms with Gasteiger partial charge in [0, 0.05) is 11.1 Å². The molecule has 0 saturated carbocycles. The summed E-state index contributed by atoms with van der Waals surface area (Å²) in [6.45, 7) is 2.59. The number of rotatable bonds is 7. The predicted molar refractivity (Wildman–Crippen MR) is 114 cm³/mol. The quantitative estimate of drug-likeness (QED) is 0.417. The first-order valence-electron chi connectivity index (χ1n) is 9.51. The third kappa shape index (κ3) is 4.27. The molecule has 0 radical (unpaired) electrons. The van der Waals surface area contributed by atoms with Gasteiger partial charge >= 0.3 is 0 Å². The van der Waals surface area contributed by atoms with Gasteiger partial charge < -0.3 is 18.7 Å². The van der Waals surface area contributed by atoms with Crippen LogP contribution in [0.3, 0.4) is 0 Å². The van der Waals surface area contributed by atoms with Crippen molar-refractivity contribution < 1.29 is 18.7 Å². The van der Waals surface area contributed by atoms with Crippen LogP contribution in [0.2, 0.25) is 0 Å². The molecule has 0 amide bonds. The second kappa shape index (κ2) is 8.69. The van der Waals surface area contributed by atoms with Gasteiger partial charge in [-0.1, -0.05) is 35.0 Å². The highest BCUT2D eigenvalue weighted by molar-refractivity contribution is 5.63. The topological polar surface area (TPSA) is 66.6 Å². The Kier molecular flexibility index (Phi) is 5.66. The maximum Gasteiger partial charge on any atom is 0.258 e. The molecule has 6 heteroatoms. The maximum absolute atomic E-state index is 5.87. The van der Waals surface area contributed by atoms with E-state index in [-0.39, 0.29) is 0 Å². The Morgan fingerprint density at radius 3 is 2.33 bits per heavy atom. The number of aryl methyl sites for hydroxylation is 1. The van der Waals surface area contributed by atoms with Crippen molar-refractivity contribution >= 4 is 0 Å². The molecule has 6 nitrogen and oxygen atoms in total. The summed E-state index contributed by atoms with van der Waals surface area (Å²) in [5, 5.41) is 4.09. The molecule has 0 bridgehead atoms. The molecular formula is C24H22N2O4. The monoisotopic (exact) mass is 402 g/mol. The zero-order valence-corrected chi connectivity index (χ0v) is 17.1. The van der Waals surface area contributed by atoms with Crippen LogP contribution in [0.1, 0.15) is 11.1 Å². The summed E-state index contributed by atoms with van der Waals surface area (Å²) in [5.41, 5.74) is 3.95. The lowest BCUT2D eigenvalue weighted by Crippen LogP contribution is -1.95. The molecule has 0 aliphatic heterocycles. The number of hydrogen-bond donors (Lipinski definition) is 0. The highest BCUT2D eigenvalue weighted by Crippen LogP contribution is 2.32. The van der Waals surface area contributed by atoms with E-state index in [1.54, 1.807) is 26.4 Å². The largest absolute Gasteiger partial charge is 0.493 e. The molecule has 0 unspecified atom stereocenters.